The summed E-state index contributed by atoms with van der Waals surface area (Å²) in [5.41, 5.74) is 0.148. The molecule has 0 fully saturated rings. The Morgan fingerprint density at radius 1 is 1.47 bits per heavy atom. The summed E-state index contributed by atoms with van der Waals surface area (Å²) in [5, 5.41) is 7.18. The molecule has 0 aliphatic rings. The highest BCUT2D eigenvalue weighted by molar-refractivity contribution is 6.33. The quantitative estimate of drug-likeness (QED) is 0.774. The first-order chi connectivity index (χ1) is 8.04. The van der Waals surface area contributed by atoms with Gasteiger partial charge in [0.2, 0.25) is 0 Å². The third kappa shape index (κ3) is 4.48. The molecule has 4 nitrogen and oxygen atoms in total. The first kappa shape index (κ1) is 14.2. The van der Waals surface area contributed by atoms with Crippen LogP contribution in [0.2, 0.25) is 10.3 Å². The smallest absolute Gasteiger partial charge is 0.341 e. The molecule has 94 valence electrons. The van der Waals surface area contributed by atoms with E-state index >= 15 is 0 Å². The highest BCUT2D eigenvalue weighted by atomic mass is 35.5. The van der Waals surface area contributed by atoms with Gasteiger partial charge in [-0.05, 0) is 18.4 Å². The second-order valence-corrected chi connectivity index (χ2v) is 4.61. The van der Waals surface area contributed by atoms with Gasteiger partial charge in [-0.15, -0.1) is 10.2 Å². The van der Waals surface area contributed by atoms with Crippen LogP contribution in [0.4, 0.5) is 0 Å². The third-order valence-electron chi connectivity index (χ3n) is 2.22. The summed E-state index contributed by atoms with van der Waals surface area (Å²) in [5.74, 6) is -0.192. The van der Waals surface area contributed by atoms with Crippen molar-refractivity contribution in [1.82, 2.24) is 10.2 Å². The molecule has 6 heteroatoms. The molecule has 1 atom stereocenters. The molecule has 0 amide bonds. The lowest BCUT2D eigenvalue weighted by molar-refractivity contribution is 0.0443. The molecule has 0 radical (unpaired) electrons. The maximum absolute atomic E-state index is 11.7. The van der Waals surface area contributed by atoms with E-state index in [2.05, 4.69) is 17.1 Å². The monoisotopic (exact) mass is 276 g/mol. The summed E-state index contributed by atoms with van der Waals surface area (Å²) in [6, 6.07) is 1.35. The van der Waals surface area contributed by atoms with Crippen LogP contribution in [0.1, 0.15) is 37.0 Å². The summed E-state index contributed by atoms with van der Waals surface area (Å²) in [6.45, 7) is 4.47. The molecule has 0 aliphatic carbocycles. The maximum Gasteiger partial charge on any atom is 0.341 e. The van der Waals surface area contributed by atoms with Crippen LogP contribution in [-0.2, 0) is 4.74 Å². The molecule has 1 aromatic heterocycles. The Hall–Kier alpha value is -0.870. The van der Waals surface area contributed by atoms with Gasteiger partial charge in [-0.25, -0.2) is 4.79 Å². The van der Waals surface area contributed by atoms with Gasteiger partial charge in [0, 0.05) is 0 Å². The van der Waals surface area contributed by atoms with Gasteiger partial charge in [-0.3, -0.25) is 0 Å². The van der Waals surface area contributed by atoms with Gasteiger partial charge in [0.15, 0.2) is 10.3 Å². The lowest BCUT2D eigenvalue weighted by Gasteiger charge is -2.11. The molecule has 0 saturated heterocycles. The Labute approximate surface area is 110 Å². The zero-order valence-electron chi connectivity index (χ0n) is 9.74. The Kier molecular flexibility index (Phi) is 5.65. The molecule has 0 saturated carbocycles. The standard InChI is InChI=1S/C11H14Cl2N2O2/c1-3-4-7(2)6-17-11(16)8-5-9(12)14-15-10(8)13/h5,7H,3-4,6H2,1-2H3. The van der Waals surface area contributed by atoms with Crippen LogP contribution in [0.3, 0.4) is 0 Å². The molecular weight excluding hydrogens is 263 g/mol. The van der Waals surface area contributed by atoms with Crippen LogP contribution in [0.5, 0.6) is 0 Å². The fourth-order valence-electron chi connectivity index (χ4n) is 1.37. The van der Waals surface area contributed by atoms with Crippen molar-refractivity contribution < 1.29 is 9.53 Å². The lowest BCUT2D eigenvalue weighted by Crippen LogP contribution is -2.13. The van der Waals surface area contributed by atoms with Gasteiger partial charge < -0.3 is 4.74 Å². The normalized spacial score (nSPS) is 12.2. The summed E-state index contributed by atoms with van der Waals surface area (Å²) in [4.78, 5) is 11.7. The average Bonchev–Trinajstić information content (AvgIpc) is 2.29. The number of ether oxygens (including phenoxy) is 1. The van der Waals surface area contributed by atoms with Gasteiger partial charge in [0.05, 0.1) is 6.61 Å². The number of esters is 1. The SMILES string of the molecule is CCCC(C)COC(=O)c1cc(Cl)nnc1Cl. The highest BCUT2D eigenvalue weighted by Gasteiger charge is 2.15. The fourth-order valence-corrected chi connectivity index (χ4v) is 1.68. The predicted octanol–water partition coefficient (Wildman–Crippen LogP) is 3.38. The van der Waals surface area contributed by atoms with Crippen molar-refractivity contribution in [2.24, 2.45) is 5.92 Å². The largest absolute Gasteiger partial charge is 0.462 e. The van der Waals surface area contributed by atoms with E-state index in [0.29, 0.717) is 12.5 Å². The van der Waals surface area contributed by atoms with Crippen LogP contribution in [-0.4, -0.2) is 22.8 Å². The average molecular weight is 277 g/mol. The Morgan fingerprint density at radius 2 is 2.18 bits per heavy atom. The van der Waals surface area contributed by atoms with Crippen molar-refractivity contribution in [3.63, 3.8) is 0 Å². The van der Waals surface area contributed by atoms with Crippen molar-refractivity contribution >= 4 is 29.2 Å². The molecule has 17 heavy (non-hydrogen) atoms. The van der Waals surface area contributed by atoms with E-state index in [1.54, 1.807) is 0 Å². The number of carbonyl (C=O) groups excluding carboxylic acids is 1. The molecular formula is C11H14Cl2N2O2. The van der Waals surface area contributed by atoms with Crippen molar-refractivity contribution in [3.05, 3.63) is 21.9 Å². The summed E-state index contributed by atoms with van der Waals surface area (Å²) < 4.78 is 5.13. The number of aromatic nitrogens is 2. The van der Waals surface area contributed by atoms with Crippen molar-refractivity contribution in [1.29, 1.82) is 0 Å². The summed E-state index contributed by atoms with van der Waals surface area (Å²) in [7, 11) is 0. The molecule has 0 spiro atoms. The van der Waals surface area contributed by atoms with Crippen molar-refractivity contribution in [3.8, 4) is 0 Å². The molecule has 0 aliphatic heterocycles. The number of halogens is 2. The van der Waals surface area contributed by atoms with Gasteiger partial charge >= 0.3 is 5.97 Å². The molecule has 1 aromatic rings. The van der Waals surface area contributed by atoms with E-state index in [4.69, 9.17) is 27.9 Å². The molecule has 0 bridgehead atoms. The minimum atomic E-state index is -0.519. The number of hydrogen-bond donors (Lipinski definition) is 0. The van der Waals surface area contributed by atoms with E-state index < -0.39 is 5.97 Å². The lowest BCUT2D eigenvalue weighted by atomic mass is 10.1. The van der Waals surface area contributed by atoms with Gasteiger partial charge in [-0.1, -0.05) is 43.5 Å². The number of rotatable bonds is 5. The number of carbonyl (C=O) groups is 1. The summed E-state index contributed by atoms with van der Waals surface area (Å²) in [6.07, 6.45) is 2.07. The van der Waals surface area contributed by atoms with Gasteiger partial charge in [0.25, 0.3) is 0 Å². The highest BCUT2D eigenvalue weighted by Crippen LogP contribution is 2.17. The van der Waals surface area contributed by atoms with Crippen LogP contribution >= 0.6 is 23.2 Å². The van der Waals surface area contributed by atoms with E-state index in [0.717, 1.165) is 12.8 Å². The number of nitrogens with zero attached hydrogens (tertiary/aromatic N) is 2. The molecule has 1 rings (SSSR count). The zero-order chi connectivity index (χ0) is 12.8. The van der Waals surface area contributed by atoms with Crippen molar-refractivity contribution in [2.75, 3.05) is 6.61 Å². The predicted molar refractivity (Wildman–Crippen MR) is 66.4 cm³/mol. The minimum absolute atomic E-state index is 0.00236. The van der Waals surface area contributed by atoms with Gasteiger partial charge in [-0.2, -0.15) is 0 Å². The minimum Gasteiger partial charge on any atom is -0.462 e. The van der Waals surface area contributed by atoms with Crippen LogP contribution in [0.15, 0.2) is 6.07 Å². The van der Waals surface area contributed by atoms with E-state index in [-0.39, 0.29) is 15.9 Å². The van der Waals surface area contributed by atoms with Crippen LogP contribution in [0, 0.1) is 5.92 Å². The Balaban J connectivity index is 2.61. The topological polar surface area (TPSA) is 52.1 Å². The Bertz CT molecular complexity index is 399. The maximum atomic E-state index is 11.7. The summed E-state index contributed by atoms with van der Waals surface area (Å²) >= 11 is 11.4. The molecule has 0 N–H and O–H groups in total. The third-order valence-corrected chi connectivity index (χ3v) is 2.68. The zero-order valence-corrected chi connectivity index (χ0v) is 11.3. The van der Waals surface area contributed by atoms with Gasteiger partial charge in [0.1, 0.15) is 5.56 Å². The van der Waals surface area contributed by atoms with Crippen molar-refractivity contribution in [2.45, 2.75) is 26.7 Å². The molecule has 1 unspecified atom stereocenters. The van der Waals surface area contributed by atoms with E-state index in [1.165, 1.54) is 6.07 Å². The first-order valence-electron chi connectivity index (χ1n) is 5.40. The fraction of sp³-hybridized carbons (Fsp3) is 0.545. The molecule has 1 heterocycles. The second kappa shape index (κ2) is 6.77. The molecule has 0 aromatic carbocycles. The Morgan fingerprint density at radius 3 is 2.82 bits per heavy atom. The second-order valence-electron chi connectivity index (χ2n) is 3.86. The number of hydrogen-bond acceptors (Lipinski definition) is 4. The van der Waals surface area contributed by atoms with Crippen LogP contribution in [0.25, 0.3) is 0 Å². The first-order valence-corrected chi connectivity index (χ1v) is 6.16. The van der Waals surface area contributed by atoms with E-state index in [1.807, 2.05) is 6.92 Å². The van der Waals surface area contributed by atoms with E-state index in [9.17, 15) is 4.79 Å². The van der Waals surface area contributed by atoms with Crippen LogP contribution < -0.4 is 0 Å².